The SMILES string of the molecule is C=CCCCCCCCC(CCCC=O)CCCCCCCC=C. The molecule has 140 valence electrons. The fourth-order valence-electron chi connectivity index (χ4n) is 3.43. The summed E-state index contributed by atoms with van der Waals surface area (Å²) in [6.07, 6.45) is 26.9. The highest BCUT2D eigenvalue weighted by Gasteiger charge is 2.08. The molecule has 0 rings (SSSR count). The number of carbonyl (C=O) groups excluding carboxylic acids is 1. The first-order chi connectivity index (χ1) is 11.8. The molecule has 0 aromatic heterocycles. The van der Waals surface area contributed by atoms with E-state index in [0.29, 0.717) is 0 Å². The molecule has 0 saturated carbocycles. The summed E-state index contributed by atoms with van der Waals surface area (Å²) >= 11 is 0. The Morgan fingerprint density at radius 2 is 0.958 bits per heavy atom. The van der Waals surface area contributed by atoms with Gasteiger partial charge in [-0.1, -0.05) is 82.8 Å². The average molecular weight is 335 g/mol. The first-order valence-electron chi connectivity index (χ1n) is 10.5. The van der Waals surface area contributed by atoms with E-state index in [2.05, 4.69) is 13.2 Å². The first-order valence-corrected chi connectivity index (χ1v) is 10.5. The zero-order valence-electron chi connectivity index (χ0n) is 16.2. The lowest BCUT2D eigenvalue weighted by atomic mass is 9.90. The van der Waals surface area contributed by atoms with Crippen molar-refractivity contribution in [2.24, 2.45) is 5.92 Å². The lowest BCUT2D eigenvalue weighted by molar-refractivity contribution is -0.108. The molecule has 0 fully saturated rings. The Morgan fingerprint density at radius 1 is 0.542 bits per heavy atom. The van der Waals surface area contributed by atoms with Crippen molar-refractivity contribution >= 4 is 6.29 Å². The van der Waals surface area contributed by atoms with E-state index in [1.54, 1.807) is 0 Å². The van der Waals surface area contributed by atoms with E-state index < -0.39 is 0 Å². The predicted molar refractivity (Wildman–Crippen MR) is 108 cm³/mol. The number of carbonyl (C=O) groups is 1. The summed E-state index contributed by atoms with van der Waals surface area (Å²) < 4.78 is 0. The minimum atomic E-state index is 0.750. The van der Waals surface area contributed by atoms with Gasteiger partial charge < -0.3 is 4.79 Å². The molecular formula is C23H42O. The first kappa shape index (κ1) is 23.1. The average Bonchev–Trinajstić information content (AvgIpc) is 2.59. The molecule has 0 radical (unpaired) electrons. The molecule has 0 atom stereocenters. The summed E-state index contributed by atoms with van der Waals surface area (Å²) in [6.45, 7) is 7.56. The van der Waals surface area contributed by atoms with Crippen molar-refractivity contribution in [2.45, 2.75) is 109 Å². The van der Waals surface area contributed by atoms with E-state index in [1.807, 2.05) is 12.2 Å². The van der Waals surface area contributed by atoms with Crippen molar-refractivity contribution in [3.63, 3.8) is 0 Å². The van der Waals surface area contributed by atoms with Crippen LogP contribution in [0.4, 0.5) is 0 Å². The van der Waals surface area contributed by atoms with E-state index in [-0.39, 0.29) is 0 Å². The minimum Gasteiger partial charge on any atom is -0.303 e. The number of hydrogen-bond donors (Lipinski definition) is 0. The van der Waals surface area contributed by atoms with Gasteiger partial charge in [0.05, 0.1) is 0 Å². The maximum atomic E-state index is 10.5. The third kappa shape index (κ3) is 17.5. The molecule has 0 N–H and O–H groups in total. The zero-order chi connectivity index (χ0) is 17.7. The van der Waals surface area contributed by atoms with Gasteiger partial charge in [-0.25, -0.2) is 0 Å². The summed E-state index contributed by atoms with van der Waals surface area (Å²) in [4.78, 5) is 10.5. The van der Waals surface area contributed by atoms with E-state index in [0.717, 1.165) is 25.0 Å². The molecule has 24 heavy (non-hydrogen) atoms. The van der Waals surface area contributed by atoms with Crippen LogP contribution in [0, 0.1) is 5.92 Å². The number of hydrogen-bond acceptors (Lipinski definition) is 1. The molecule has 0 aliphatic rings. The van der Waals surface area contributed by atoms with Crippen LogP contribution in [0.2, 0.25) is 0 Å². The topological polar surface area (TPSA) is 17.1 Å². The third-order valence-electron chi connectivity index (χ3n) is 4.98. The van der Waals surface area contributed by atoms with Crippen LogP contribution in [-0.4, -0.2) is 6.29 Å². The summed E-state index contributed by atoms with van der Waals surface area (Å²) in [7, 11) is 0. The fraction of sp³-hybridized carbons (Fsp3) is 0.783. The molecule has 0 aromatic carbocycles. The second-order valence-corrected chi connectivity index (χ2v) is 7.23. The monoisotopic (exact) mass is 334 g/mol. The molecule has 0 spiro atoms. The fourth-order valence-corrected chi connectivity index (χ4v) is 3.43. The lowest BCUT2D eigenvalue weighted by Gasteiger charge is -2.16. The van der Waals surface area contributed by atoms with Crippen LogP contribution in [0.1, 0.15) is 109 Å². The van der Waals surface area contributed by atoms with Crippen LogP contribution < -0.4 is 0 Å². The van der Waals surface area contributed by atoms with Crippen LogP contribution in [0.3, 0.4) is 0 Å². The Kier molecular flexibility index (Phi) is 19.5. The standard InChI is InChI=1S/C23H42O/c1-3-5-7-9-11-13-15-19-23(21-17-18-22-24)20-16-14-12-10-8-6-4-2/h3-4,22-23H,1-2,5-21H2. The van der Waals surface area contributed by atoms with E-state index in [1.165, 1.54) is 96.3 Å². The Hall–Kier alpha value is -0.850. The molecule has 1 heteroatoms. The highest BCUT2D eigenvalue weighted by atomic mass is 16.1. The Morgan fingerprint density at radius 3 is 1.42 bits per heavy atom. The highest BCUT2D eigenvalue weighted by Crippen LogP contribution is 2.23. The van der Waals surface area contributed by atoms with Crippen LogP contribution in [0.25, 0.3) is 0 Å². The van der Waals surface area contributed by atoms with Crippen LogP contribution in [0.5, 0.6) is 0 Å². The molecule has 0 aromatic rings. The summed E-state index contributed by atoms with van der Waals surface area (Å²) in [5, 5.41) is 0. The van der Waals surface area contributed by atoms with Gasteiger partial charge in [0.1, 0.15) is 6.29 Å². The molecule has 1 nitrogen and oxygen atoms in total. The quantitative estimate of drug-likeness (QED) is 0.126. The highest BCUT2D eigenvalue weighted by molar-refractivity contribution is 5.48. The normalized spacial score (nSPS) is 10.9. The summed E-state index contributed by atoms with van der Waals surface area (Å²) in [6, 6.07) is 0. The second kappa shape index (κ2) is 20.2. The molecule has 0 amide bonds. The third-order valence-corrected chi connectivity index (χ3v) is 4.98. The van der Waals surface area contributed by atoms with Gasteiger partial charge in [0.2, 0.25) is 0 Å². The van der Waals surface area contributed by atoms with E-state index >= 15 is 0 Å². The van der Waals surface area contributed by atoms with Crippen molar-refractivity contribution < 1.29 is 4.79 Å². The zero-order valence-corrected chi connectivity index (χ0v) is 16.2. The van der Waals surface area contributed by atoms with Gasteiger partial charge in [0, 0.05) is 6.42 Å². The van der Waals surface area contributed by atoms with E-state index in [4.69, 9.17) is 0 Å². The van der Waals surface area contributed by atoms with Crippen molar-refractivity contribution in [2.75, 3.05) is 0 Å². The smallest absolute Gasteiger partial charge is 0.119 e. The molecule has 0 saturated heterocycles. The molecular weight excluding hydrogens is 292 g/mol. The predicted octanol–water partition coefficient (Wildman–Crippen LogP) is 7.81. The summed E-state index contributed by atoms with van der Waals surface area (Å²) in [5.41, 5.74) is 0. The van der Waals surface area contributed by atoms with Crippen molar-refractivity contribution in [1.29, 1.82) is 0 Å². The van der Waals surface area contributed by atoms with Gasteiger partial charge >= 0.3 is 0 Å². The number of allylic oxidation sites excluding steroid dienone is 2. The second-order valence-electron chi connectivity index (χ2n) is 7.23. The molecule has 0 unspecified atom stereocenters. The Bertz CT molecular complexity index is 260. The Balaban J connectivity index is 3.69. The van der Waals surface area contributed by atoms with Gasteiger partial charge in [0.25, 0.3) is 0 Å². The summed E-state index contributed by atoms with van der Waals surface area (Å²) in [5.74, 6) is 0.853. The molecule has 0 aliphatic carbocycles. The van der Waals surface area contributed by atoms with Crippen molar-refractivity contribution in [3.05, 3.63) is 25.3 Å². The maximum Gasteiger partial charge on any atom is 0.119 e. The van der Waals surface area contributed by atoms with Crippen LogP contribution in [-0.2, 0) is 4.79 Å². The molecule has 0 bridgehead atoms. The van der Waals surface area contributed by atoms with Gasteiger partial charge in [-0.15, -0.1) is 13.2 Å². The maximum absolute atomic E-state index is 10.5. The molecule has 0 aliphatic heterocycles. The van der Waals surface area contributed by atoms with Gasteiger partial charge in [-0.2, -0.15) is 0 Å². The van der Waals surface area contributed by atoms with Crippen molar-refractivity contribution in [1.82, 2.24) is 0 Å². The lowest BCUT2D eigenvalue weighted by Crippen LogP contribution is -2.01. The van der Waals surface area contributed by atoms with Gasteiger partial charge in [-0.05, 0) is 38.0 Å². The Labute approximate surface area is 152 Å². The van der Waals surface area contributed by atoms with Gasteiger partial charge in [-0.3, -0.25) is 0 Å². The van der Waals surface area contributed by atoms with Gasteiger partial charge in [0.15, 0.2) is 0 Å². The molecule has 0 heterocycles. The number of rotatable bonds is 20. The van der Waals surface area contributed by atoms with E-state index in [9.17, 15) is 4.79 Å². The van der Waals surface area contributed by atoms with Crippen molar-refractivity contribution in [3.8, 4) is 0 Å². The number of aldehydes is 1. The largest absolute Gasteiger partial charge is 0.303 e. The number of unbranched alkanes of at least 4 members (excludes halogenated alkanes) is 11. The minimum absolute atomic E-state index is 0.750. The van der Waals surface area contributed by atoms with Crippen LogP contribution >= 0.6 is 0 Å². The van der Waals surface area contributed by atoms with Crippen LogP contribution in [0.15, 0.2) is 25.3 Å².